The lowest BCUT2D eigenvalue weighted by atomic mass is 10.00. The van der Waals surface area contributed by atoms with Gasteiger partial charge in [-0.05, 0) is 35.9 Å². The molecule has 4 nitrogen and oxygen atoms in total. The van der Waals surface area contributed by atoms with E-state index in [1.165, 1.54) is 15.9 Å². The Balaban J connectivity index is 0.00000392. The molecule has 0 aliphatic heterocycles. The van der Waals surface area contributed by atoms with Crippen LogP contribution in [0, 0.1) is 0 Å². The third-order valence-electron chi connectivity index (χ3n) is 4.01. The minimum absolute atomic E-state index is 0. The first-order valence-corrected chi connectivity index (χ1v) is 9.53. The summed E-state index contributed by atoms with van der Waals surface area (Å²) in [6.07, 6.45) is 3.23. The molecule has 0 saturated heterocycles. The van der Waals surface area contributed by atoms with Gasteiger partial charge in [-0.25, -0.2) is 0 Å². The van der Waals surface area contributed by atoms with Gasteiger partial charge in [-0.2, -0.15) is 0 Å². The normalized spacial score (nSPS) is 10.9. The molecule has 0 spiro atoms. The molecule has 0 fully saturated rings. The van der Waals surface area contributed by atoms with Gasteiger partial charge in [0, 0.05) is 16.7 Å². The summed E-state index contributed by atoms with van der Waals surface area (Å²) in [6, 6.07) is 8.77. The van der Waals surface area contributed by atoms with Crippen LogP contribution < -0.4 is 34.6 Å². The highest BCUT2D eigenvalue weighted by molar-refractivity contribution is 6.42. The number of ketones is 1. The second-order valence-electron chi connectivity index (χ2n) is 7.28. The lowest BCUT2D eigenvalue weighted by molar-refractivity contribution is -0.873. The van der Waals surface area contributed by atoms with E-state index in [0.717, 1.165) is 16.7 Å². The maximum Gasteiger partial charge on any atom is 0.185 e. The highest BCUT2D eigenvalue weighted by Gasteiger charge is 2.16. The number of quaternary nitrogens is 2. The number of allylic oxidation sites excluding steroid dienone is 1. The van der Waals surface area contributed by atoms with Gasteiger partial charge in [0.25, 0.3) is 0 Å². The summed E-state index contributed by atoms with van der Waals surface area (Å²) in [4.78, 5) is 15.1. The van der Waals surface area contributed by atoms with E-state index in [4.69, 9.17) is 23.2 Å². The number of carbonyl (C=O) groups excluding carboxylic acids is 1. The number of benzene rings is 2. The minimum atomic E-state index is -0.119. The van der Waals surface area contributed by atoms with Crippen molar-refractivity contribution < 1.29 is 44.5 Å². The average Bonchev–Trinajstić information content (AvgIpc) is 2.58. The fraction of sp³-hybridized carbons (Fsp3) is 0.286. The molecule has 0 saturated carbocycles. The molecule has 8 heteroatoms. The van der Waals surface area contributed by atoms with Gasteiger partial charge < -0.3 is 39.7 Å². The summed E-state index contributed by atoms with van der Waals surface area (Å²) in [7, 11) is 8.04. The minimum Gasteiger partial charge on any atom is -1.00 e. The Bertz CT molecular complexity index is 837. The maximum absolute atomic E-state index is 12.7. The Morgan fingerprint density at radius 1 is 0.931 bits per heavy atom. The highest BCUT2D eigenvalue weighted by atomic mass is 35.5. The van der Waals surface area contributed by atoms with Gasteiger partial charge in [0.2, 0.25) is 0 Å². The quantitative estimate of drug-likeness (QED) is 0.279. The molecular formula is C21H26Cl4N2O2. The Hall–Kier alpha value is -1.27. The Kier molecular flexibility index (Phi) is 11.9. The average molecular weight is 480 g/mol. The number of phenols is 1. The van der Waals surface area contributed by atoms with E-state index in [9.17, 15) is 9.90 Å². The fourth-order valence-corrected chi connectivity index (χ4v) is 3.12. The molecule has 0 aliphatic rings. The van der Waals surface area contributed by atoms with Crippen molar-refractivity contribution >= 4 is 35.1 Å². The largest absolute Gasteiger partial charge is 1.00 e. The van der Waals surface area contributed by atoms with Crippen LogP contribution in [0.25, 0.3) is 6.08 Å². The van der Waals surface area contributed by atoms with Crippen molar-refractivity contribution in [3.8, 4) is 5.75 Å². The number of aromatic hydroxyl groups is 1. The first-order chi connectivity index (χ1) is 12.7. The molecule has 2 aromatic rings. The van der Waals surface area contributed by atoms with Crippen molar-refractivity contribution in [3.63, 3.8) is 0 Å². The summed E-state index contributed by atoms with van der Waals surface area (Å²) >= 11 is 11.9. The number of nitrogens with one attached hydrogen (secondary N) is 2. The van der Waals surface area contributed by atoms with Gasteiger partial charge in [-0.15, -0.1) is 0 Å². The molecule has 0 aromatic heterocycles. The second kappa shape index (κ2) is 12.4. The van der Waals surface area contributed by atoms with Crippen LogP contribution in [0.4, 0.5) is 0 Å². The van der Waals surface area contributed by atoms with Gasteiger partial charge in [0.1, 0.15) is 18.8 Å². The van der Waals surface area contributed by atoms with E-state index in [-0.39, 0.29) is 36.3 Å². The third kappa shape index (κ3) is 8.17. The summed E-state index contributed by atoms with van der Waals surface area (Å²) in [5.41, 5.74) is 2.92. The van der Waals surface area contributed by atoms with Crippen LogP contribution in [0.1, 0.15) is 27.0 Å². The van der Waals surface area contributed by atoms with E-state index in [1.807, 2.05) is 28.2 Å². The molecule has 0 unspecified atom stereocenters. The molecule has 0 heterocycles. The standard InChI is InChI=1S/C21H24Cl2N2O2.2ClH/c1-24(2)12-16-10-15(11-17(21(16)27)13-25(3)4)20(26)8-6-14-5-7-18(22)19(23)9-14;;/h5-11,27H,12-13H2,1-4H3;2*1H/b8-6+;;. The lowest BCUT2D eigenvalue weighted by Gasteiger charge is -2.15. The summed E-state index contributed by atoms with van der Waals surface area (Å²) in [5, 5.41) is 11.5. The van der Waals surface area contributed by atoms with Crippen molar-refractivity contribution in [2.24, 2.45) is 0 Å². The van der Waals surface area contributed by atoms with Crippen LogP contribution in [0.3, 0.4) is 0 Å². The first kappa shape index (κ1) is 27.7. The van der Waals surface area contributed by atoms with Crippen LogP contribution in [-0.2, 0) is 13.1 Å². The molecule has 0 radical (unpaired) electrons. The van der Waals surface area contributed by atoms with Crippen molar-refractivity contribution in [3.05, 3.63) is 68.7 Å². The Labute approximate surface area is 194 Å². The van der Waals surface area contributed by atoms with Gasteiger partial charge in [0.15, 0.2) is 5.78 Å². The van der Waals surface area contributed by atoms with Crippen molar-refractivity contribution in [2.45, 2.75) is 13.1 Å². The lowest BCUT2D eigenvalue weighted by Crippen LogP contribution is -3.04. The van der Waals surface area contributed by atoms with Gasteiger partial charge in [-0.1, -0.05) is 35.3 Å². The smallest absolute Gasteiger partial charge is 0.185 e. The number of carbonyl (C=O) groups is 1. The molecule has 160 valence electrons. The van der Waals surface area contributed by atoms with Crippen molar-refractivity contribution in [2.75, 3.05) is 28.2 Å². The van der Waals surface area contributed by atoms with Gasteiger partial charge in [0.05, 0.1) is 38.2 Å². The zero-order chi connectivity index (χ0) is 20.1. The molecule has 2 rings (SSSR count). The summed E-state index contributed by atoms with van der Waals surface area (Å²) in [6.45, 7) is 1.28. The zero-order valence-electron chi connectivity index (χ0n) is 16.8. The number of rotatable bonds is 7. The molecule has 0 aliphatic carbocycles. The molecule has 0 bridgehead atoms. The maximum atomic E-state index is 12.7. The first-order valence-electron chi connectivity index (χ1n) is 8.77. The predicted octanol–water partition coefficient (Wildman–Crippen LogP) is -4.11. The second-order valence-corrected chi connectivity index (χ2v) is 8.10. The number of hydrogen-bond donors (Lipinski definition) is 3. The molecular weight excluding hydrogens is 454 g/mol. The molecule has 29 heavy (non-hydrogen) atoms. The van der Waals surface area contributed by atoms with E-state index < -0.39 is 0 Å². The van der Waals surface area contributed by atoms with Crippen LogP contribution in [0.15, 0.2) is 36.4 Å². The number of phenolic OH excluding ortho intramolecular Hbond substituents is 1. The van der Waals surface area contributed by atoms with Crippen molar-refractivity contribution in [1.82, 2.24) is 0 Å². The Morgan fingerprint density at radius 2 is 1.45 bits per heavy atom. The van der Waals surface area contributed by atoms with E-state index in [1.54, 1.807) is 36.4 Å². The van der Waals surface area contributed by atoms with Crippen LogP contribution in [0.2, 0.25) is 10.0 Å². The molecule has 0 amide bonds. The molecule has 0 atom stereocenters. The highest BCUT2D eigenvalue weighted by Crippen LogP contribution is 2.25. The van der Waals surface area contributed by atoms with Gasteiger partial charge >= 0.3 is 0 Å². The van der Waals surface area contributed by atoms with E-state index in [0.29, 0.717) is 28.7 Å². The zero-order valence-corrected chi connectivity index (χ0v) is 19.8. The van der Waals surface area contributed by atoms with Crippen LogP contribution >= 0.6 is 23.2 Å². The topological polar surface area (TPSA) is 46.2 Å². The summed E-state index contributed by atoms with van der Waals surface area (Å²) in [5.74, 6) is 0.161. The van der Waals surface area contributed by atoms with Crippen LogP contribution in [0.5, 0.6) is 5.75 Å². The Morgan fingerprint density at radius 3 is 1.90 bits per heavy atom. The predicted molar refractivity (Wildman–Crippen MR) is 111 cm³/mol. The fourth-order valence-electron chi connectivity index (χ4n) is 2.82. The SMILES string of the molecule is C[NH+](C)Cc1cc(C(=O)/C=C/c2ccc(Cl)c(Cl)c2)cc(C[NH+](C)C)c1O.[Cl-].[Cl-]. The molecule has 2 aromatic carbocycles. The van der Waals surface area contributed by atoms with Crippen LogP contribution in [-0.4, -0.2) is 39.1 Å². The van der Waals surface area contributed by atoms with E-state index in [2.05, 4.69) is 0 Å². The third-order valence-corrected chi connectivity index (χ3v) is 4.75. The number of halogens is 4. The van der Waals surface area contributed by atoms with Crippen molar-refractivity contribution in [1.29, 1.82) is 0 Å². The van der Waals surface area contributed by atoms with Gasteiger partial charge in [-0.3, -0.25) is 4.79 Å². The molecule has 3 N–H and O–H groups in total. The number of hydrogen-bond acceptors (Lipinski definition) is 2. The monoisotopic (exact) mass is 478 g/mol. The van der Waals surface area contributed by atoms with E-state index >= 15 is 0 Å². The summed E-state index contributed by atoms with van der Waals surface area (Å²) < 4.78 is 0.